The highest BCUT2D eigenvalue weighted by molar-refractivity contribution is 4.68. The van der Waals surface area contributed by atoms with E-state index < -0.39 is 0 Å². The molecule has 1 saturated heterocycles. The summed E-state index contributed by atoms with van der Waals surface area (Å²) in [5.74, 6) is 0. The van der Waals surface area contributed by atoms with Crippen LogP contribution in [-0.4, -0.2) is 37.4 Å². The minimum atomic E-state index is 0.162. The maximum absolute atomic E-state index is 5.62. The van der Waals surface area contributed by atoms with E-state index in [0.29, 0.717) is 6.54 Å². The van der Waals surface area contributed by atoms with E-state index in [0.717, 1.165) is 19.7 Å². The normalized spacial score (nSPS) is 22.5. The molecule has 12 heavy (non-hydrogen) atoms. The molecule has 0 aromatic rings. The van der Waals surface area contributed by atoms with Crippen LogP contribution in [0.5, 0.6) is 0 Å². The molecule has 1 rings (SSSR count). The summed E-state index contributed by atoms with van der Waals surface area (Å²) in [6.07, 6.45) is 4.11. The van der Waals surface area contributed by atoms with Crippen LogP contribution in [0.15, 0.2) is 0 Å². The fraction of sp³-hybridized carbons (Fsp3) is 1.00. The van der Waals surface area contributed by atoms with Gasteiger partial charge in [0.15, 0.2) is 0 Å². The molecule has 0 aromatic heterocycles. The Morgan fingerprint density at radius 1 is 1.33 bits per heavy atom. The highest BCUT2D eigenvalue weighted by Crippen LogP contribution is 2.12. The van der Waals surface area contributed by atoms with Crippen molar-refractivity contribution in [2.75, 3.05) is 26.2 Å². The number of ether oxygens (including phenoxy) is 1. The van der Waals surface area contributed by atoms with Gasteiger partial charge in [0.1, 0.15) is 6.23 Å². The number of hydrogen-bond acceptors (Lipinski definition) is 3. The topological polar surface area (TPSA) is 38.5 Å². The van der Waals surface area contributed by atoms with Gasteiger partial charge in [-0.15, -0.1) is 0 Å². The first kappa shape index (κ1) is 9.96. The van der Waals surface area contributed by atoms with Crippen LogP contribution in [0.25, 0.3) is 0 Å². The number of hydrogen-bond donors (Lipinski definition) is 1. The van der Waals surface area contributed by atoms with E-state index in [2.05, 4.69) is 4.90 Å². The monoisotopic (exact) mass is 172 g/mol. The smallest absolute Gasteiger partial charge is 0.122 e. The molecule has 1 aliphatic rings. The van der Waals surface area contributed by atoms with Gasteiger partial charge in [-0.1, -0.05) is 6.42 Å². The zero-order valence-corrected chi connectivity index (χ0v) is 7.96. The van der Waals surface area contributed by atoms with Crippen LogP contribution in [0.1, 0.15) is 26.2 Å². The molecule has 1 atom stereocenters. The molecule has 0 amide bonds. The summed E-state index contributed by atoms with van der Waals surface area (Å²) in [5, 5.41) is 0. The molecule has 0 saturated carbocycles. The molecule has 72 valence electrons. The molecule has 0 radical (unpaired) electrons. The van der Waals surface area contributed by atoms with E-state index in [4.69, 9.17) is 10.5 Å². The summed E-state index contributed by atoms with van der Waals surface area (Å²) in [7, 11) is 0. The molecule has 2 N–H and O–H groups in total. The third-order valence-corrected chi connectivity index (χ3v) is 2.36. The molecule has 3 nitrogen and oxygen atoms in total. The lowest BCUT2D eigenvalue weighted by Crippen LogP contribution is -2.45. The van der Waals surface area contributed by atoms with Gasteiger partial charge < -0.3 is 10.5 Å². The van der Waals surface area contributed by atoms with Crippen LogP contribution in [0, 0.1) is 0 Å². The first-order valence-electron chi connectivity index (χ1n) is 4.94. The van der Waals surface area contributed by atoms with Crippen molar-refractivity contribution >= 4 is 0 Å². The van der Waals surface area contributed by atoms with Crippen LogP contribution < -0.4 is 5.73 Å². The van der Waals surface area contributed by atoms with Crippen LogP contribution in [-0.2, 0) is 4.74 Å². The molecule has 1 fully saturated rings. The molecule has 1 aliphatic heterocycles. The predicted molar refractivity (Wildman–Crippen MR) is 49.9 cm³/mol. The Morgan fingerprint density at radius 3 is 2.50 bits per heavy atom. The van der Waals surface area contributed by atoms with Crippen LogP contribution in [0.2, 0.25) is 0 Å². The zero-order chi connectivity index (χ0) is 8.81. The third kappa shape index (κ3) is 2.73. The Kier molecular flexibility index (Phi) is 4.58. The van der Waals surface area contributed by atoms with E-state index in [1.807, 2.05) is 6.92 Å². The second kappa shape index (κ2) is 5.51. The number of nitrogens with two attached hydrogens (primary N) is 1. The number of rotatable bonds is 4. The summed E-state index contributed by atoms with van der Waals surface area (Å²) >= 11 is 0. The Hall–Kier alpha value is -0.120. The number of nitrogens with zero attached hydrogens (tertiary/aromatic N) is 1. The molecular formula is C9H20N2O. The minimum Gasteiger partial charge on any atom is -0.362 e. The maximum Gasteiger partial charge on any atom is 0.122 e. The SMILES string of the molecule is CCOC(CN)N1CCCCC1. The van der Waals surface area contributed by atoms with E-state index in [-0.39, 0.29) is 6.23 Å². The summed E-state index contributed by atoms with van der Waals surface area (Å²) in [4.78, 5) is 2.35. The molecule has 0 bridgehead atoms. The summed E-state index contributed by atoms with van der Waals surface area (Å²) in [5.41, 5.74) is 5.62. The standard InChI is InChI=1S/C9H20N2O/c1-2-12-9(8-10)11-6-4-3-5-7-11/h9H,2-8,10H2,1H3. The van der Waals surface area contributed by atoms with E-state index >= 15 is 0 Å². The van der Waals surface area contributed by atoms with Crippen molar-refractivity contribution in [2.24, 2.45) is 5.73 Å². The van der Waals surface area contributed by atoms with Gasteiger partial charge in [-0.3, -0.25) is 4.90 Å². The lowest BCUT2D eigenvalue weighted by molar-refractivity contribution is -0.0556. The lowest BCUT2D eigenvalue weighted by Gasteiger charge is -2.33. The molecule has 0 aliphatic carbocycles. The fourth-order valence-corrected chi connectivity index (χ4v) is 1.72. The first-order chi connectivity index (χ1) is 5.88. The predicted octanol–water partition coefficient (Wildman–Crippen LogP) is 0.794. The molecule has 3 heteroatoms. The molecule has 1 unspecified atom stereocenters. The van der Waals surface area contributed by atoms with E-state index in [9.17, 15) is 0 Å². The van der Waals surface area contributed by atoms with Gasteiger partial charge in [0.05, 0.1) is 0 Å². The molecule has 0 aromatic carbocycles. The van der Waals surface area contributed by atoms with Gasteiger partial charge in [0.25, 0.3) is 0 Å². The Balaban J connectivity index is 2.29. The van der Waals surface area contributed by atoms with Gasteiger partial charge >= 0.3 is 0 Å². The van der Waals surface area contributed by atoms with E-state index in [1.54, 1.807) is 0 Å². The maximum atomic E-state index is 5.62. The largest absolute Gasteiger partial charge is 0.362 e. The van der Waals surface area contributed by atoms with Gasteiger partial charge in [-0.2, -0.15) is 0 Å². The minimum absolute atomic E-state index is 0.162. The van der Waals surface area contributed by atoms with Crippen LogP contribution in [0.4, 0.5) is 0 Å². The fourth-order valence-electron chi connectivity index (χ4n) is 1.72. The lowest BCUT2D eigenvalue weighted by atomic mass is 10.1. The zero-order valence-electron chi connectivity index (χ0n) is 7.96. The van der Waals surface area contributed by atoms with Crippen molar-refractivity contribution in [1.29, 1.82) is 0 Å². The Morgan fingerprint density at radius 2 is 2.00 bits per heavy atom. The van der Waals surface area contributed by atoms with Crippen molar-refractivity contribution < 1.29 is 4.74 Å². The number of likely N-dealkylation sites (tertiary alicyclic amines) is 1. The Labute approximate surface area is 74.9 Å². The van der Waals surface area contributed by atoms with Crippen LogP contribution >= 0.6 is 0 Å². The average Bonchev–Trinajstić information content (AvgIpc) is 2.15. The summed E-state index contributed by atoms with van der Waals surface area (Å²) in [6.45, 7) is 5.71. The van der Waals surface area contributed by atoms with Crippen molar-refractivity contribution in [3.8, 4) is 0 Å². The Bertz CT molecular complexity index is 110. The number of piperidine rings is 1. The summed E-state index contributed by atoms with van der Waals surface area (Å²) in [6, 6.07) is 0. The van der Waals surface area contributed by atoms with Gasteiger partial charge in [-0.25, -0.2) is 0 Å². The third-order valence-electron chi connectivity index (χ3n) is 2.36. The van der Waals surface area contributed by atoms with Crippen LogP contribution in [0.3, 0.4) is 0 Å². The van der Waals surface area contributed by atoms with Gasteiger partial charge in [0, 0.05) is 26.2 Å². The second-order valence-electron chi connectivity index (χ2n) is 3.24. The highest BCUT2D eigenvalue weighted by atomic mass is 16.5. The first-order valence-corrected chi connectivity index (χ1v) is 4.94. The van der Waals surface area contributed by atoms with E-state index in [1.165, 1.54) is 19.3 Å². The van der Waals surface area contributed by atoms with Gasteiger partial charge in [-0.05, 0) is 19.8 Å². The van der Waals surface area contributed by atoms with Crippen molar-refractivity contribution in [3.05, 3.63) is 0 Å². The van der Waals surface area contributed by atoms with Gasteiger partial charge in [0.2, 0.25) is 0 Å². The van der Waals surface area contributed by atoms with Crippen molar-refractivity contribution in [1.82, 2.24) is 4.90 Å². The quantitative estimate of drug-likeness (QED) is 0.681. The van der Waals surface area contributed by atoms with Crippen molar-refractivity contribution in [2.45, 2.75) is 32.4 Å². The average molecular weight is 172 g/mol. The second-order valence-corrected chi connectivity index (χ2v) is 3.24. The summed E-state index contributed by atoms with van der Waals surface area (Å²) < 4.78 is 5.53. The molecular weight excluding hydrogens is 152 g/mol. The molecule has 0 spiro atoms. The van der Waals surface area contributed by atoms with Crippen molar-refractivity contribution in [3.63, 3.8) is 0 Å². The molecule has 1 heterocycles. The highest BCUT2D eigenvalue weighted by Gasteiger charge is 2.18.